The topological polar surface area (TPSA) is 79.7 Å². The van der Waals surface area contributed by atoms with Crippen molar-refractivity contribution in [1.29, 1.82) is 0 Å². The Balaban J connectivity index is 1.68. The van der Waals surface area contributed by atoms with Gasteiger partial charge in [0, 0.05) is 5.56 Å². The van der Waals surface area contributed by atoms with Crippen molar-refractivity contribution >= 4 is 44.1 Å². The van der Waals surface area contributed by atoms with Gasteiger partial charge in [-0.15, -0.1) is 0 Å². The Labute approximate surface area is 202 Å². The van der Waals surface area contributed by atoms with Crippen molar-refractivity contribution in [2.24, 2.45) is 0 Å². The zero-order chi connectivity index (χ0) is 24.7. The van der Waals surface area contributed by atoms with Crippen molar-refractivity contribution in [3.63, 3.8) is 0 Å². The molecule has 1 aliphatic heterocycles. The molecule has 3 aromatic carbocycles. The van der Waals surface area contributed by atoms with Crippen molar-refractivity contribution in [3.05, 3.63) is 95.1 Å². The van der Waals surface area contributed by atoms with Crippen LogP contribution in [-0.2, 0) is 9.59 Å². The minimum Gasteiger partial charge on any atom is -0.507 e. The molecule has 1 amide bonds. The second-order valence-corrected chi connectivity index (χ2v) is 8.80. The average Bonchev–Trinajstić information content (AvgIpc) is 3.37. The zero-order valence-corrected chi connectivity index (χ0v) is 19.2. The molecule has 2 heterocycles. The molecule has 0 aliphatic carbocycles. The number of halogens is 2. The highest BCUT2D eigenvalue weighted by Crippen LogP contribution is 2.44. The molecule has 5 rings (SSSR count). The first kappa shape index (κ1) is 22.7. The maximum atomic E-state index is 13.7. The van der Waals surface area contributed by atoms with Gasteiger partial charge in [-0.2, -0.15) is 0 Å². The van der Waals surface area contributed by atoms with Crippen LogP contribution in [0.25, 0.3) is 16.0 Å². The number of hydrogen-bond acceptors (Lipinski definition) is 6. The number of carbonyl (C=O) groups excluding carboxylic acids is 2. The summed E-state index contributed by atoms with van der Waals surface area (Å²) in [4.78, 5) is 32.0. The number of aliphatic hydroxyl groups excluding tert-OH is 1. The molecular weight excluding hydrogens is 474 g/mol. The SMILES string of the molecule is CCOc1ccc(/C(O)=C2\C(=O)C(=O)N(c3nc4ccc(F)cc4s3)[C@H]2c2ccc(F)cc2)cc1. The number of carbonyl (C=O) groups is 2. The smallest absolute Gasteiger partial charge is 0.301 e. The molecule has 1 saturated heterocycles. The van der Waals surface area contributed by atoms with Crippen LogP contribution in [0, 0.1) is 11.6 Å². The Hall–Kier alpha value is -4.11. The molecule has 1 fully saturated rings. The largest absolute Gasteiger partial charge is 0.507 e. The lowest BCUT2D eigenvalue weighted by molar-refractivity contribution is -0.132. The van der Waals surface area contributed by atoms with E-state index in [2.05, 4.69) is 4.98 Å². The number of anilines is 1. The summed E-state index contributed by atoms with van der Waals surface area (Å²) in [6, 6.07) is 14.7. The highest BCUT2D eigenvalue weighted by atomic mass is 32.1. The van der Waals surface area contributed by atoms with Crippen molar-refractivity contribution in [1.82, 2.24) is 4.98 Å². The number of nitrogens with zero attached hydrogens (tertiary/aromatic N) is 2. The number of thiazole rings is 1. The quantitative estimate of drug-likeness (QED) is 0.223. The van der Waals surface area contributed by atoms with E-state index in [4.69, 9.17) is 4.74 Å². The third kappa shape index (κ3) is 4.04. The van der Waals surface area contributed by atoms with Crippen LogP contribution in [-0.4, -0.2) is 28.4 Å². The Morgan fingerprint density at radius 1 is 1.03 bits per heavy atom. The minimum atomic E-state index is -1.06. The maximum absolute atomic E-state index is 13.7. The number of ketones is 1. The summed E-state index contributed by atoms with van der Waals surface area (Å²) in [5.74, 6) is -2.55. The standard InChI is InChI=1S/C26H18F2N2O4S/c1-2-34-18-10-5-15(6-11-18)23(31)21-22(14-3-7-16(27)8-4-14)30(25(33)24(21)32)26-29-19-12-9-17(28)13-20(19)35-26/h3-13,22,31H,2H2,1H3/b23-21+/t22-/m0/s1. The highest BCUT2D eigenvalue weighted by Gasteiger charge is 2.48. The number of benzene rings is 3. The zero-order valence-electron chi connectivity index (χ0n) is 18.4. The van der Waals surface area contributed by atoms with Crippen LogP contribution in [0.15, 0.2) is 72.3 Å². The lowest BCUT2D eigenvalue weighted by Crippen LogP contribution is -2.29. The molecule has 1 aromatic heterocycles. The van der Waals surface area contributed by atoms with E-state index >= 15 is 0 Å². The molecule has 1 aliphatic rings. The average molecular weight is 493 g/mol. The molecule has 9 heteroatoms. The van der Waals surface area contributed by atoms with Gasteiger partial charge in [-0.3, -0.25) is 14.5 Å². The molecule has 0 radical (unpaired) electrons. The summed E-state index contributed by atoms with van der Waals surface area (Å²) < 4.78 is 33.3. The van der Waals surface area contributed by atoms with Crippen LogP contribution >= 0.6 is 11.3 Å². The highest BCUT2D eigenvalue weighted by molar-refractivity contribution is 7.22. The van der Waals surface area contributed by atoms with E-state index in [0.717, 1.165) is 16.2 Å². The van der Waals surface area contributed by atoms with Crippen LogP contribution in [0.5, 0.6) is 5.75 Å². The molecule has 1 atom stereocenters. The number of amides is 1. The van der Waals surface area contributed by atoms with Gasteiger partial charge in [-0.1, -0.05) is 23.5 Å². The minimum absolute atomic E-state index is 0.156. The van der Waals surface area contributed by atoms with Gasteiger partial charge < -0.3 is 9.84 Å². The molecule has 176 valence electrons. The summed E-state index contributed by atoms with van der Waals surface area (Å²) in [7, 11) is 0. The van der Waals surface area contributed by atoms with E-state index in [1.807, 2.05) is 6.92 Å². The number of rotatable bonds is 5. The summed E-state index contributed by atoms with van der Waals surface area (Å²) in [5.41, 5.74) is 1.02. The van der Waals surface area contributed by atoms with Gasteiger partial charge in [0.15, 0.2) is 5.13 Å². The van der Waals surface area contributed by atoms with E-state index in [1.54, 1.807) is 24.3 Å². The fourth-order valence-electron chi connectivity index (χ4n) is 4.01. The van der Waals surface area contributed by atoms with Crippen LogP contribution < -0.4 is 9.64 Å². The van der Waals surface area contributed by atoms with E-state index in [-0.39, 0.29) is 16.5 Å². The van der Waals surface area contributed by atoms with Crippen molar-refractivity contribution < 1.29 is 28.2 Å². The van der Waals surface area contributed by atoms with E-state index < -0.39 is 29.4 Å². The third-order valence-electron chi connectivity index (χ3n) is 5.61. The molecular formula is C26H18F2N2O4S. The van der Waals surface area contributed by atoms with Gasteiger partial charge >= 0.3 is 5.91 Å². The second-order valence-electron chi connectivity index (χ2n) is 7.79. The van der Waals surface area contributed by atoms with Gasteiger partial charge in [0.25, 0.3) is 5.78 Å². The Morgan fingerprint density at radius 2 is 1.71 bits per heavy atom. The van der Waals surface area contributed by atoms with Gasteiger partial charge in [-0.05, 0) is 67.1 Å². The van der Waals surface area contributed by atoms with Gasteiger partial charge in [-0.25, -0.2) is 13.8 Å². The van der Waals surface area contributed by atoms with Gasteiger partial charge in [0.2, 0.25) is 0 Å². The van der Waals surface area contributed by atoms with E-state index in [9.17, 15) is 23.5 Å². The molecule has 0 spiro atoms. The second kappa shape index (κ2) is 8.92. The van der Waals surface area contributed by atoms with E-state index in [0.29, 0.717) is 33.7 Å². The summed E-state index contributed by atoms with van der Waals surface area (Å²) in [6.45, 7) is 2.31. The van der Waals surface area contributed by atoms with E-state index in [1.165, 1.54) is 42.5 Å². The Morgan fingerprint density at radius 3 is 2.40 bits per heavy atom. The number of Topliss-reactive ketones (excluding diaryl/α,β-unsaturated/α-hetero) is 1. The fourth-order valence-corrected chi connectivity index (χ4v) is 5.03. The maximum Gasteiger partial charge on any atom is 0.301 e. The van der Waals surface area contributed by atoms with Crippen molar-refractivity contribution in [2.45, 2.75) is 13.0 Å². The summed E-state index contributed by atoms with van der Waals surface area (Å²) in [6.07, 6.45) is 0. The first-order valence-corrected chi connectivity index (χ1v) is 11.5. The van der Waals surface area contributed by atoms with Crippen LogP contribution in [0.2, 0.25) is 0 Å². The molecule has 0 saturated carbocycles. The first-order valence-electron chi connectivity index (χ1n) is 10.7. The van der Waals surface area contributed by atoms with Gasteiger partial charge in [0.05, 0.1) is 28.4 Å². The first-order chi connectivity index (χ1) is 16.9. The Kier molecular flexibility index (Phi) is 5.78. The summed E-state index contributed by atoms with van der Waals surface area (Å²) >= 11 is 1.04. The molecule has 6 nitrogen and oxygen atoms in total. The number of hydrogen-bond donors (Lipinski definition) is 1. The molecule has 0 bridgehead atoms. The lowest BCUT2D eigenvalue weighted by Gasteiger charge is -2.23. The number of aliphatic hydroxyl groups is 1. The van der Waals surface area contributed by atoms with Crippen LogP contribution in [0.4, 0.5) is 13.9 Å². The van der Waals surface area contributed by atoms with Crippen molar-refractivity contribution in [2.75, 3.05) is 11.5 Å². The molecule has 1 N–H and O–H groups in total. The van der Waals surface area contributed by atoms with Crippen molar-refractivity contribution in [3.8, 4) is 5.75 Å². The lowest BCUT2D eigenvalue weighted by atomic mass is 9.95. The normalized spacial score (nSPS) is 17.3. The van der Waals surface area contributed by atoms with Gasteiger partial charge in [0.1, 0.15) is 23.1 Å². The number of aromatic nitrogens is 1. The predicted octanol–water partition coefficient (Wildman–Crippen LogP) is 5.60. The number of fused-ring (bicyclic) bond motifs is 1. The molecule has 35 heavy (non-hydrogen) atoms. The fraction of sp³-hybridized carbons (Fsp3) is 0.115. The van der Waals surface area contributed by atoms with Crippen LogP contribution in [0.3, 0.4) is 0 Å². The summed E-state index contributed by atoms with van der Waals surface area (Å²) in [5, 5.41) is 11.3. The molecule has 4 aromatic rings. The molecule has 0 unspecified atom stereocenters. The third-order valence-corrected chi connectivity index (χ3v) is 6.63. The monoisotopic (exact) mass is 492 g/mol. The predicted molar refractivity (Wildman–Crippen MR) is 128 cm³/mol. The van der Waals surface area contributed by atoms with Crippen LogP contribution in [0.1, 0.15) is 24.1 Å². The number of ether oxygens (including phenoxy) is 1. The Bertz CT molecular complexity index is 1480.